The maximum atomic E-state index is 2.60. The molecule has 1 nitrogen and oxygen atoms in total. The molecule has 0 spiro atoms. The van der Waals surface area contributed by atoms with Gasteiger partial charge in [0.15, 0.2) is 0 Å². The van der Waals surface area contributed by atoms with Gasteiger partial charge in [0.05, 0.1) is 0 Å². The maximum absolute atomic E-state index is 2.60. The van der Waals surface area contributed by atoms with Crippen LogP contribution in [-0.2, 0) is 6.42 Å². The molecule has 0 unspecified atom stereocenters. The van der Waals surface area contributed by atoms with Gasteiger partial charge >= 0.3 is 0 Å². The molecule has 0 saturated carbocycles. The van der Waals surface area contributed by atoms with E-state index < -0.39 is 0 Å². The second-order valence-electron chi connectivity index (χ2n) is 4.51. The predicted molar refractivity (Wildman–Crippen MR) is 69.6 cm³/mol. The van der Waals surface area contributed by atoms with Crippen LogP contribution in [0.5, 0.6) is 0 Å². The summed E-state index contributed by atoms with van der Waals surface area (Å²) in [5, 5.41) is 0. The number of rotatable bonds is 4. The Morgan fingerprint density at radius 1 is 1.25 bits per heavy atom. The fraction of sp³-hybridized carbons (Fsp3) is 0.467. The average molecular weight is 215 g/mol. The lowest BCUT2D eigenvalue weighted by Gasteiger charge is -2.32. The van der Waals surface area contributed by atoms with Crippen molar-refractivity contribution in [2.45, 2.75) is 32.2 Å². The molecule has 0 aliphatic carbocycles. The minimum atomic E-state index is 0.607. The van der Waals surface area contributed by atoms with E-state index in [0.29, 0.717) is 6.04 Å². The van der Waals surface area contributed by atoms with E-state index in [1.807, 2.05) is 0 Å². The highest BCUT2D eigenvalue weighted by Crippen LogP contribution is 2.15. The first-order valence-electron chi connectivity index (χ1n) is 6.35. The van der Waals surface area contributed by atoms with Gasteiger partial charge in [-0.3, -0.25) is 4.90 Å². The lowest BCUT2D eigenvalue weighted by Crippen LogP contribution is -2.38. The Bertz CT molecular complexity index is 329. The first-order valence-corrected chi connectivity index (χ1v) is 6.35. The second kappa shape index (κ2) is 5.86. The fourth-order valence-corrected chi connectivity index (χ4v) is 2.40. The molecule has 0 fully saturated rings. The van der Waals surface area contributed by atoms with E-state index >= 15 is 0 Å². The van der Waals surface area contributed by atoms with E-state index in [1.54, 1.807) is 0 Å². The van der Waals surface area contributed by atoms with Gasteiger partial charge in [-0.1, -0.05) is 49.4 Å². The van der Waals surface area contributed by atoms with Crippen LogP contribution < -0.4 is 0 Å². The summed E-state index contributed by atoms with van der Waals surface area (Å²) in [4.78, 5) is 2.60. The van der Waals surface area contributed by atoms with Gasteiger partial charge in [0, 0.05) is 12.6 Å². The van der Waals surface area contributed by atoms with Crippen molar-refractivity contribution in [2.75, 3.05) is 13.1 Å². The molecule has 0 saturated heterocycles. The molecule has 1 heterocycles. The van der Waals surface area contributed by atoms with Crippen molar-refractivity contribution in [3.63, 3.8) is 0 Å². The van der Waals surface area contributed by atoms with Crippen LogP contribution >= 0.6 is 0 Å². The van der Waals surface area contributed by atoms with Crippen molar-refractivity contribution in [3.05, 3.63) is 48.0 Å². The molecule has 86 valence electrons. The standard InChI is InChI=1S/C15H21N/c1-2-11-16-12-7-6-10-15(16)13-14-8-4-3-5-9-14/h3-6,8-10,15H,2,7,11-13H2,1H3/t15-/m0/s1. The first-order chi connectivity index (χ1) is 7.90. The van der Waals surface area contributed by atoms with E-state index in [2.05, 4.69) is 54.3 Å². The van der Waals surface area contributed by atoms with Gasteiger partial charge in [-0.2, -0.15) is 0 Å². The Morgan fingerprint density at radius 3 is 2.81 bits per heavy atom. The van der Waals surface area contributed by atoms with Gasteiger partial charge in [0.2, 0.25) is 0 Å². The van der Waals surface area contributed by atoms with E-state index in [9.17, 15) is 0 Å². The number of benzene rings is 1. The van der Waals surface area contributed by atoms with Gasteiger partial charge in [-0.05, 0) is 31.4 Å². The van der Waals surface area contributed by atoms with Crippen LogP contribution in [0.3, 0.4) is 0 Å². The van der Waals surface area contributed by atoms with Crippen molar-refractivity contribution >= 4 is 0 Å². The van der Waals surface area contributed by atoms with Gasteiger partial charge in [0.1, 0.15) is 0 Å². The zero-order valence-corrected chi connectivity index (χ0v) is 10.1. The molecule has 1 aromatic carbocycles. The van der Waals surface area contributed by atoms with Crippen molar-refractivity contribution < 1.29 is 0 Å². The van der Waals surface area contributed by atoms with E-state index in [0.717, 1.165) is 6.42 Å². The lowest BCUT2D eigenvalue weighted by atomic mass is 10.0. The summed E-state index contributed by atoms with van der Waals surface area (Å²) in [6.07, 6.45) is 8.33. The summed E-state index contributed by atoms with van der Waals surface area (Å²) in [6.45, 7) is 4.71. The van der Waals surface area contributed by atoms with Gasteiger partial charge in [-0.25, -0.2) is 0 Å². The Morgan fingerprint density at radius 2 is 2.06 bits per heavy atom. The third-order valence-corrected chi connectivity index (χ3v) is 3.21. The second-order valence-corrected chi connectivity index (χ2v) is 4.51. The Balaban J connectivity index is 2.01. The molecule has 1 aromatic rings. The Hall–Kier alpha value is -1.08. The number of hydrogen-bond acceptors (Lipinski definition) is 1. The fourth-order valence-electron chi connectivity index (χ4n) is 2.40. The molecular weight excluding hydrogens is 194 g/mol. The third kappa shape index (κ3) is 2.96. The number of hydrogen-bond donors (Lipinski definition) is 0. The summed E-state index contributed by atoms with van der Waals surface area (Å²) in [6, 6.07) is 11.4. The summed E-state index contributed by atoms with van der Waals surface area (Å²) in [7, 11) is 0. The molecule has 16 heavy (non-hydrogen) atoms. The first kappa shape index (κ1) is 11.4. The molecule has 1 aliphatic heterocycles. The van der Waals surface area contributed by atoms with Crippen LogP contribution in [0.1, 0.15) is 25.3 Å². The highest BCUT2D eigenvalue weighted by molar-refractivity contribution is 5.18. The molecule has 0 amide bonds. The SMILES string of the molecule is CCCN1CCC=C[C@H]1Cc1ccccc1. The topological polar surface area (TPSA) is 3.24 Å². The Labute approximate surface area is 98.8 Å². The van der Waals surface area contributed by atoms with Gasteiger partial charge in [-0.15, -0.1) is 0 Å². The van der Waals surface area contributed by atoms with Crippen LogP contribution in [0.2, 0.25) is 0 Å². The summed E-state index contributed by atoms with van der Waals surface area (Å²) in [5.74, 6) is 0. The van der Waals surface area contributed by atoms with Crippen molar-refractivity contribution in [2.24, 2.45) is 0 Å². The van der Waals surface area contributed by atoms with E-state index in [1.165, 1.54) is 31.5 Å². The van der Waals surface area contributed by atoms with Gasteiger partial charge < -0.3 is 0 Å². The maximum Gasteiger partial charge on any atom is 0.0318 e. The highest BCUT2D eigenvalue weighted by Gasteiger charge is 2.17. The molecule has 1 heteroatoms. The monoisotopic (exact) mass is 215 g/mol. The minimum Gasteiger partial charge on any atom is -0.296 e. The predicted octanol–water partition coefficient (Wildman–Crippen LogP) is 3.27. The normalized spacial score (nSPS) is 21.2. The zero-order chi connectivity index (χ0) is 11.2. The minimum absolute atomic E-state index is 0.607. The lowest BCUT2D eigenvalue weighted by molar-refractivity contribution is 0.222. The van der Waals surface area contributed by atoms with Crippen LogP contribution in [0.4, 0.5) is 0 Å². The Kier molecular flexibility index (Phi) is 4.17. The van der Waals surface area contributed by atoms with Crippen LogP contribution in [0.25, 0.3) is 0 Å². The van der Waals surface area contributed by atoms with Crippen molar-refractivity contribution in [1.29, 1.82) is 0 Å². The van der Waals surface area contributed by atoms with Crippen LogP contribution in [0.15, 0.2) is 42.5 Å². The molecule has 1 aliphatic rings. The molecular formula is C15H21N. The van der Waals surface area contributed by atoms with Crippen LogP contribution in [0, 0.1) is 0 Å². The third-order valence-electron chi connectivity index (χ3n) is 3.21. The van der Waals surface area contributed by atoms with E-state index in [4.69, 9.17) is 0 Å². The smallest absolute Gasteiger partial charge is 0.0318 e. The van der Waals surface area contributed by atoms with Crippen molar-refractivity contribution in [1.82, 2.24) is 4.90 Å². The summed E-state index contributed by atoms with van der Waals surface area (Å²) < 4.78 is 0. The zero-order valence-electron chi connectivity index (χ0n) is 10.1. The van der Waals surface area contributed by atoms with E-state index in [-0.39, 0.29) is 0 Å². The summed E-state index contributed by atoms with van der Waals surface area (Å²) in [5.41, 5.74) is 1.44. The molecule has 0 aromatic heterocycles. The molecule has 1 atom stereocenters. The quantitative estimate of drug-likeness (QED) is 0.697. The molecule has 0 bridgehead atoms. The van der Waals surface area contributed by atoms with Crippen LogP contribution in [-0.4, -0.2) is 24.0 Å². The summed E-state index contributed by atoms with van der Waals surface area (Å²) >= 11 is 0. The number of nitrogens with zero attached hydrogens (tertiary/aromatic N) is 1. The average Bonchev–Trinajstić information content (AvgIpc) is 2.33. The highest BCUT2D eigenvalue weighted by atomic mass is 15.1. The van der Waals surface area contributed by atoms with Gasteiger partial charge in [0.25, 0.3) is 0 Å². The molecule has 0 radical (unpaired) electrons. The van der Waals surface area contributed by atoms with Crippen molar-refractivity contribution in [3.8, 4) is 0 Å². The molecule has 2 rings (SSSR count). The molecule has 0 N–H and O–H groups in total. The largest absolute Gasteiger partial charge is 0.296 e.